The average molecular weight is 155 g/mol. The van der Waals surface area contributed by atoms with Gasteiger partial charge in [0.25, 0.3) is 11.8 Å². The largest absolute Gasteiger partial charge is 0.388 e. The Balaban J connectivity index is 2.93. The van der Waals surface area contributed by atoms with Crippen molar-refractivity contribution in [2.75, 3.05) is 7.05 Å². The van der Waals surface area contributed by atoms with Gasteiger partial charge in [0.05, 0.1) is 11.7 Å². The molecule has 0 saturated carbocycles. The number of hydrogen-bond donors (Lipinski definition) is 1. The van der Waals surface area contributed by atoms with Crippen LogP contribution >= 0.6 is 0 Å². The van der Waals surface area contributed by atoms with Crippen LogP contribution in [0.2, 0.25) is 0 Å². The van der Waals surface area contributed by atoms with E-state index in [0.717, 1.165) is 11.0 Å². The Hall–Kier alpha value is -1.16. The van der Waals surface area contributed by atoms with Crippen molar-refractivity contribution in [2.24, 2.45) is 0 Å². The summed E-state index contributed by atoms with van der Waals surface area (Å²) in [5, 5.41) is 8.99. The maximum Gasteiger partial charge on any atom is 0.259 e. The van der Waals surface area contributed by atoms with E-state index in [1.54, 1.807) is 0 Å². The lowest BCUT2D eigenvalue weighted by Crippen LogP contribution is -2.28. The Labute approximate surface area is 64.1 Å². The topological polar surface area (TPSA) is 57.6 Å². The molecule has 0 aromatic carbocycles. The predicted molar refractivity (Wildman–Crippen MR) is 37.5 cm³/mol. The van der Waals surface area contributed by atoms with Gasteiger partial charge in [-0.3, -0.25) is 14.5 Å². The summed E-state index contributed by atoms with van der Waals surface area (Å²) >= 11 is 0. The zero-order valence-electron chi connectivity index (χ0n) is 6.37. The molecule has 1 atom stereocenters. The van der Waals surface area contributed by atoms with E-state index in [1.165, 1.54) is 14.0 Å². The van der Waals surface area contributed by atoms with Crippen molar-refractivity contribution in [1.82, 2.24) is 4.90 Å². The monoisotopic (exact) mass is 155 g/mol. The summed E-state index contributed by atoms with van der Waals surface area (Å²) in [6, 6.07) is 0. The summed E-state index contributed by atoms with van der Waals surface area (Å²) in [4.78, 5) is 22.8. The van der Waals surface area contributed by atoms with Crippen molar-refractivity contribution in [3.05, 3.63) is 11.6 Å². The highest BCUT2D eigenvalue weighted by Crippen LogP contribution is 2.13. The molecule has 0 saturated heterocycles. The van der Waals surface area contributed by atoms with E-state index in [-0.39, 0.29) is 11.5 Å². The molecule has 1 rings (SSSR count). The lowest BCUT2D eigenvalue weighted by atomic mass is 10.2. The third kappa shape index (κ3) is 1.17. The molecule has 1 heterocycles. The maximum absolute atomic E-state index is 11.0. The standard InChI is InChI=1S/C7H9NO3/c1-4(9)5-3-6(10)8(2)7(5)11/h3-4,9H,1-2H3. The number of aliphatic hydroxyl groups excluding tert-OH is 1. The fraction of sp³-hybridized carbons (Fsp3) is 0.429. The van der Waals surface area contributed by atoms with Crippen molar-refractivity contribution in [3.8, 4) is 0 Å². The van der Waals surface area contributed by atoms with Gasteiger partial charge in [-0.2, -0.15) is 0 Å². The van der Waals surface area contributed by atoms with Gasteiger partial charge >= 0.3 is 0 Å². The minimum Gasteiger partial charge on any atom is -0.388 e. The third-order valence-corrected chi connectivity index (χ3v) is 1.61. The summed E-state index contributed by atoms with van der Waals surface area (Å²) in [7, 11) is 1.39. The molecule has 0 aliphatic carbocycles. The molecule has 1 aliphatic rings. The third-order valence-electron chi connectivity index (χ3n) is 1.61. The van der Waals surface area contributed by atoms with E-state index in [9.17, 15) is 9.59 Å². The zero-order valence-corrected chi connectivity index (χ0v) is 6.37. The summed E-state index contributed by atoms with van der Waals surface area (Å²) in [6.07, 6.45) is 0.295. The first kappa shape index (κ1) is 7.94. The van der Waals surface area contributed by atoms with Crippen molar-refractivity contribution in [2.45, 2.75) is 13.0 Å². The molecule has 0 radical (unpaired) electrons. The van der Waals surface area contributed by atoms with Gasteiger partial charge in [-0.25, -0.2) is 0 Å². The highest BCUT2D eigenvalue weighted by molar-refractivity contribution is 6.16. The first-order valence-electron chi connectivity index (χ1n) is 3.25. The van der Waals surface area contributed by atoms with E-state index in [2.05, 4.69) is 0 Å². The van der Waals surface area contributed by atoms with E-state index in [4.69, 9.17) is 5.11 Å². The number of hydrogen-bond acceptors (Lipinski definition) is 3. The second kappa shape index (κ2) is 2.47. The van der Waals surface area contributed by atoms with E-state index >= 15 is 0 Å². The SMILES string of the molecule is CC(O)C1=CC(=O)N(C)C1=O. The number of aliphatic hydroxyl groups is 1. The molecule has 60 valence electrons. The minimum atomic E-state index is -0.864. The Kier molecular flexibility index (Phi) is 1.78. The Bertz CT molecular complexity index is 242. The lowest BCUT2D eigenvalue weighted by molar-refractivity contribution is -0.135. The molecule has 4 heteroatoms. The van der Waals surface area contributed by atoms with Gasteiger partial charge in [-0.1, -0.05) is 0 Å². The van der Waals surface area contributed by atoms with Crippen LogP contribution < -0.4 is 0 Å². The van der Waals surface area contributed by atoms with Crippen molar-refractivity contribution in [1.29, 1.82) is 0 Å². The number of likely N-dealkylation sites (N-methyl/N-ethyl adjacent to an activating group) is 1. The van der Waals surface area contributed by atoms with Crippen LogP contribution in [0.15, 0.2) is 11.6 Å². The smallest absolute Gasteiger partial charge is 0.259 e. The van der Waals surface area contributed by atoms with Gasteiger partial charge in [0, 0.05) is 13.1 Å². The molecular formula is C7H9NO3. The van der Waals surface area contributed by atoms with E-state index < -0.39 is 12.0 Å². The van der Waals surface area contributed by atoms with Gasteiger partial charge in [0.1, 0.15) is 0 Å². The van der Waals surface area contributed by atoms with Crippen LogP contribution in [0.5, 0.6) is 0 Å². The van der Waals surface area contributed by atoms with Crippen molar-refractivity contribution < 1.29 is 14.7 Å². The molecule has 0 aromatic rings. The molecule has 0 aromatic heterocycles. The van der Waals surface area contributed by atoms with Crippen LogP contribution in [0.4, 0.5) is 0 Å². The van der Waals surface area contributed by atoms with Crippen molar-refractivity contribution >= 4 is 11.8 Å². The molecule has 0 spiro atoms. The molecule has 0 bridgehead atoms. The van der Waals surface area contributed by atoms with Gasteiger partial charge in [0.2, 0.25) is 0 Å². The van der Waals surface area contributed by atoms with Crippen molar-refractivity contribution in [3.63, 3.8) is 0 Å². The van der Waals surface area contributed by atoms with Crippen LogP contribution in [0.25, 0.3) is 0 Å². The van der Waals surface area contributed by atoms with E-state index in [1.807, 2.05) is 0 Å². The molecule has 11 heavy (non-hydrogen) atoms. The molecule has 1 N–H and O–H groups in total. The zero-order chi connectivity index (χ0) is 8.59. The Morgan fingerprint density at radius 1 is 1.55 bits per heavy atom. The number of imide groups is 1. The van der Waals surface area contributed by atoms with Crippen LogP contribution in [0.1, 0.15) is 6.92 Å². The Morgan fingerprint density at radius 2 is 2.09 bits per heavy atom. The highest BCUT2D eigenvalue weighted by atomic mass is 16.3. The van der Waals surface area contributed by atoms with Gasteiger partial charge in [-0.05, 0) is 6.92 Å². The Morgan fingerprint density at radius 3 is 2.27 bits per heavy atom. The van der Waals surface area contributed by atoms with Gasteiger partial charge < -0.3 is 5.11 Å². The van der Waals surface area contributed by atoms with Crippen LogP contribution in [0.3, 0.4) is 0 Å². The summed E-state index contributed by atoms with van der Waals surface area (Å²) in [5.41, 5.74) is 0.164. The molecule has 1 aliphatic heterocycles. The molecule has 1 unspecified atom stereocenters. The molecular weight excluding hydrogens is 146 g/mol. The van der Waals surface area contributed by atoms with Gasteiger partial charge in [-0.15, -0.1) is 0 Å². The van der Waals surface area contributed by atoms with Crippen LogP contribution in [0, 0.1) is 0 Å². The molecule has 2 amide bonds. The summed E-state index contributed by atoms with van der Waals surface area (Å²) in [5.74, 6) is -0.782. The first-order chi connectivity index (χ1) is 5.04. The maximum atomic E-state index is 11.0. The number of carbonyl (C=O) groups excluding carboxylic acids is 2. The average Bonchev–Trinajstić information content (AvgIpc) is 2.17. The fourth-order valence-electron chi connectivity index (χ4n) is 0.885. The number of carbonyl (C=O) groups is 2. The molecule has 0 fully saturated rings. The number of amides is 2. The van der Waals surface area contributed by atoms with E-state index in [0.29, 0.717) is 0 Å². The predicted octanol–water partition coefficient (Wildman–Crippen LogP) is -0.708. The fourth-order valence-corrected chi connectivity index (χ4v) is 0.885. The summed E-state index contributed by atoms with van der Waals surface area (Å²) in [6.45, 7) is 1.45. The normalized spacial score (nSPS) is 20.6. The number of rotatable bonds is 1. The number of nitrogens with zero attached hydrogens (tertiary/aromatic N) is 1. The van der Waals surface area contributed by atoms with Crippen LogP contribution in [-0.2, 0) is 9.59 Å². The minimum absolute atomic E-state index is 0.164. The second-order valence-electron chi connectivity index (χ2n) is 2.48. The second-order valence-corrected chi connectivity index (χ2v) is 2.48. The molecule has 4 nitrogen and oxygen atoms in total. The lowest BCUT2D eigenvalue weighted by Gasteiger charge is -2.07. The van der Waals surface area contributed by atoms with Crippen LogP contribution in [-0.4, -0.2) is 35.0 Å². The highest BCUT2D eigenvalue weighted by Gasteiger charge is 2.29. The van der Waals surface area contributed by atoms with Gasteiger partial charge in [0.15, 0.2) is 0 Å². The summed E-state index contributed by atoms with van der Waals surface area (Å²) < 4.78 is 0. The quantitative estimate of drug-likeness (QED) is 0.509. The first-order valence-corrected chi connectivity index (χ1v) is 3.25.